The van der Waals surface area contributed by atoms with E-state index in [0.717, 1.165) is 19.4 Å². The molecule has 0 aromatic heterocycles. The molecular formula is C15H27NO4. The van der Waals surface area contributed by atoms with Crippen LogP contribution in [0, 0.1) is 5.92 Å². The number of carbonyl (C=O) groups excluding carboxylic acids is 1. The Morgan fingerprint density at radius 2 is 2.15 bits per heavy atom. The van der Waals surface area contributed by atoms with Gasteiger partial charge in [-0.15, -0.1) is 0 Å². The van der Waals surface area contributed by atoms with Crippen molar-refractivity contribution in [3.8, 4) is 0 Å². The van der Waals surface area contributed by atoms with E-state index in [0.29, 0.717) is 31.5 Å². The smallest absolute Gasteiger partial charge is 0.223 e. The third-order valence-electron chi connectivity index (χ3n) is 4.10. The highest BCUT2D eigenvalue weighted by Gasteiger charge is 2.37. The van der Waals surface area contributed by atoms with Crippen LogP contribution in [-0.2, 0) is 14.3 Å². The van der Waals surface area contributed by atoms with Gasteiger partial charge in [0.05, 0.1) is 24.4 Å². The van der Waals surface area contributed by atoms with E-state index in [1.165, 1.54) is 0 Å². The van der Waals surface area contributed by atoms with Crippen LogP contribution >= 0.6 is 0 Å². The molecule has 1 saturated heterocycles. The molecule has 1 N–H and O–H groups in total. The molecule has 116 valence electrons. The number of ether oxygens (including phenoxy) is 2. The Balaban J connectivity index is 1.80. The van der Waals surface area contributed by atoms with E-state index in [1.807, 2.05) is 25.7 Å². The van der Waals surface area contributed by atoms with Crippen molar-refractivity contribution in [2.45, 2.75) is 57.8 Å². The van der Waals surface area contributed by atoms with Gasteiger partial charge in [-0.3, -0.25) is 4.79 Å². The maximum absolute atomic E-state index is 12.4. The lowest BCUT2D eigenvalue weighted by Gasteiger charge is -2.43. The van der Waals surface area contributed by atoms with E-state index in [-0.39, 0.29) is 24.2 Å². The van der Waals surface area contributed by atoms with Gasteiger partial charge in [0.2, 0.25) is 5.91 Å². The molecule has 0 aromatic rings. The van der Waals surface area contributed by atoms with Crippen molar-refractivity contribution in [2.24, 2.45) is 5.92 Å². The SMILES string of the molecule is CCOC1CC(CC(=O)N2CC(CO)OC(C)(C)C2)C1. The zero-order chi connectivity index (χ0) is 14.8. The first-order valence-electron chi connectivity index (χ1n) is 7.61. The summed E-state index contributed by atoms with van der Waals surface area (Å²) < 4.78 is 11.3. The van der Waals surface area contributed by atoms with E-state index in [2.05, 4.69) is 0 Å². The molecule has 1 heterocycles. The fourth-order valence-corrected chi connectivity index (χ4v) is 3.17. The number of nitrogens with zero attached hydrogens (tertiary/aromatic N) is 1. The highest BCUT2D eigenvalue weighted by atomic mass is 16.5. The first kappa shape index (κ1) is 15.7. The van der Waals surface area contributed by atoms with Crippen LogP contribution in [0.1, 0.15) is 40.0 Å². The minimum absolute atomic E-state index is 0.0386. The molecule has 0 bridgehead atoms. The quantitative estimate of drug-likeness (QED) is 0.824. The maximum atomic E-state index is 12.4. The van der Waals surface area contributed by atoms with E-state index < -0.39 is 0 Å². The largest absolute Gasteiger partial charge is 0.394 e. The molecular weight excluding hydrogens is 258 g/mol. The summed E-state index contributed by atoms with van der Waals surface area (Å²) in [5.41, 5.74) is -0.380. The zero-order valence-corrected chi connectivity index (χ0v) is 12.8. The second kappa shape index (κ2) is 6.41. The predicted molar refractivity (Wildman–Crippen MR) is 75.4 cm³/mol. The van der Waals surface area contributed by atoms with Gasteiger partial charge < -0.3 is 19.5 Å². The standard InChI is InChI=1S/C15H27NO4/c1-4-19-12-5-11(6-12)7-14(18)16-8-13(9-17)20-15(2,3)10-16/h11-13,17H,4-10H2,1-3H3. The molecule has 5 nitrogen and oxygen atoms in total. The number of amides is 1. The topological polar surface area (TPSA) is 59.0 Å². The lowest BCUT2D eigenvalue weighted by molar-refractivity contribution is -0.168. The molecule has 0 radical (unpaired) electrons. The van der Waals surface area contributed by atoms with Crippen molar-refractivity contribution >= 4 is 5.91 Å². The molecule has 1 unspecified atom stereocenters. The van der Waals surface area contributed by atoms with Crippen LogP contribution in [0.25, 0.3) is 0 Å². The Kier molecular flexibility index (Phi) is 5.04. The van der Waals surface area contributed by atoms with Gasteiger partial charge in [0, 0.05) is 26.1 Å². The van der Waals surface area contributed by atoms with Crippen molar-refractivity contribution in [3.05, 3.63) is 0 Å². The van der Waals surface area contributed by atoms with E-state index in [1.54, 1.807) is 0 Å². The minimum atomic E-state index is -0.380. The lowest BCUT2D eigenvalue weighted by Crippen LogP contribution is -2.56. The number of aliphatic hydroxyl groups is 1. The molecule has 1 amide bonds. The normalized spacial score (nSPS) is 32.8. The number of aliphatic hydroxyl groups excluding tert-OH is 1. The fraction of sp³-hybridized carbons (Fsp3) is 0.933. The predicted octanol–water partition coefficient (Wildman–Crippen LogP) is 1.19. The van der Waals surface area contributed by atoms with Gasteiger partial charge in [0.15, 0.2) is 0 Å². The number of rotatable bonds is 5. The summed E-state index contributed by atoms with van der Waals surface area (Å²) in [5.74, 6) is 0.636. The summed E-state index contributed by atoms with van der Waals surface area (Å²) in [5, 5.41) is 9.28. The number of carbonyl (C=O) groups is 1. The monoisotopic (exact) mass is 285 g/mol. The van der Waals surface area contributed by atoms with Crippen LogP contribution in [-0.4, -0.2) is 60.0 Å². The lowest BCUT2D eigenvalue weighted by atomic mass is 9.79. The summed E-state index contributed by atoms with van der Waals surface area (Å²) in [6.45, 7) is 7.74. The van der Waals surface area contributed by atoms with Crippen LogP contribution in [0.3, 0.4) is 0 Å². The Hall–Kier alpha value is -0.650. The van der Waals surface area contributed by atoms with E-state index in [9.17, 15) is 9.90 Å². The highest BCUT2D eigenvalue weighted by Crippen LogP contribution is 2.33. The third kappa shape index (κ3) is 3.93. The van der Waals surface area contributed by atoms with Crippen LogP contribution in [0.5, 0.6) is 0 Å². The summed E-state index contributed by atoms with van der Waals surface area (Å²) in [4.78, 5) is 14.2. The Bertz CT molecular complexity index is 339. The first-order valence-corrected chi connectivity index (χ1v) is 7.61. The van der Waals surface area contributed by atoms with Gasteiger partial charge in [-0.05, 0) is 39.5 Å². The minimum Gasteiger partial charge on any atom is -0.394 e. The van der Waals surface area contributed by atoms with Crippen LogP contribution in [0.4, 0.5) is 0 Å². The molecule has 0 aromatic carbocycles. The first-order chi connectivity index (χ1) is 9.43. The molecule has 1 aliphatic heterocycles. The molecule has 2 rings (SSSR count). The van der Waals surface area contributed by atoms with E-state index in [4.69, 9.17) is 9.47 Å². The third-order valence-corrected chi connectivity index (χ3v) is 4.10. The van der Waals surface area contributed by atoms with Crippen molar-refractivity contribution in [3.63, 3.8) is 0 Å². The molecule has 5 heteroatoms. The van der Waals surface area contributed by atoms with Gasteiger partial charge >= 0.3 is 0 Å². The van der Waals surface area contributed by atoms with Gasteiger partial charge in [0.1, 0.15) is 0 Å². The Morgan fingerprint density at radius 1 is 1.45 bits per heavy atom. The summed E-state index contributed by atoms with van der Waals surface area (Å²) in [6.07, 6.45) is 2.68. The van der Waals surface area contributed by atoms with Gasteiger partial charge in [-0.2, -0.15) is 0 Å². The van der Waals surface area contributed by atoms with E-state index >= 15 is 0 Å². The molecule has 2 aliphatic rings. The number of hydrogen-bond donors (Lipinski definition) is 1. The summed E-state index contributed by atoms with van der Waals surface area (Å²) in [7, 11) is 0. The van der Waals surface area contributed by atoms with Gasteiger partial charge in [-0.25, -0.2) is 0 Å². The second-order valence-electron chi connectivity index (χ2n) is 6.58. The number of hydrogen-bond acceptors (Lipinski definition) is 4. The van der Waals surface area contributed by atoms with Gasteiger partial charge in [-0.1, -0.05) is 0 Å². The van der Waals surface area contributed by atoms with Crippen molar-refractivity contribution < 1.29 is 19.4 Å². The zero-order valence-electron chi connectivity index (χ0n) is 12.8. The van der Waals surface area contributed by atoms with Crippen molar-refractivity contribution in [1.29, 1.82) is 0 Å². The van der Waals surface area contributed by atoms with Crippen LogP contribution in [0.15, 0.2) is 0 Å². The Labute approximate surface area is 121 Å². The average Bonchev–Trinajstić information content (AvgIpc) is 2.34. The molecule has 2 fully saturated rings. The van der Waals surface area contributed by atoms with Crippen LogP contribution < -0.4 is 0 Å². The Morgan fingerprint density at radius 3 is 2.75 bits per heavy atom. The number of morpholine rings is 1. The average molecular weight is 285 g/mol. The maximum Gasteiger partial charge on any atom is 0.223 e. The molecule has 0 spiro atoms. The highest BCUT2D eigenvalue weighted by molar-refractivity contribution is 5.76. The fourth-order valence-electron chi connectivity index (χ4n) is 3.17. The molecule has 1 aliphatic carbocycles. The summed E-state index contributed by atoms with van der Waals surface area (Å²) >= 11 is 0. The van der Waals surface area contributed by atoms with Gasteiger partial charge in [0.25, 0.3) is 0 Å². The second-order valence-corrected chi connectivity index (χ2v) is 6.58. The van der Waals surface area contributed by atoms with Crippen molar-refractivity contribution in [2.75, 3.05) is 26.3 Å². The molecule has 20 heavy (non-hydrogen) atoms. The van der Waals surface area contributed by atoms with Crippen LogP contribution in [0.2, 0.25) is 0 Å². The summed E-state index contributed by atoms with van der Waals surface area (Å²) in [6, 6.07) is 0. The van der Waals surface area contributed by atoms with Crippen molar-refractivity contribution in [1.82, 2.24) is 4.90 Å². The molecule has 1 atom stereocenters. The molecule has 1 saturated carbocycles.